The van der Waals surface area contributed by atoms with Crippen LogP contribution in [0.3, 0.4) is 0 Å². The van der Waals surface area contributed by atoms with Gasteiger partial charge in [0.2, 0.25) is 0 Å². The van der Waals surface area contributed by atoms with Crippen LogP contribution in [-0.4, -0.2) is 67.6 Å². The van der Waals surface area contributed by atoms with Crippen molar-refractivity contribution < 1.29 is 76.1 Å². The van der Waals surface area contributed by atoms with Gasteiger partial charge < -0.3 is 14.8 Å². The topological polar surface area (TPSA) is 64.6 Å². The van der Waals surface area contributed by atoms with Crippen LogP contribution in [0.25, 0.3) is 0 Å². The molecule has 196 valence electrons. The number of amides is 1. The van der Waals surface area contributed by atoms with Crippen molar-refractivity contribution in [3.8, 4) is 0 Å². The summed E-state index contributed by atoms with van der Waals surface area (Å²) in [4.78, 5) is 22.9. The van der Waals surface area contributed by atoms with E-state index in [2.05, 4.69) is 9.47 Å². The largest absolute Gasteiger partial charge is 0.464 e. The summed E-state index contributed by atoms with van der Waals surface area (Å²) in [5.41, 5.74) is 0. The smallest absolute Gasteiger partial charge is 0.460 e. The molecule has 0 saturated carbocycles. The van der Waals surface area contributed by atoms with Crippen LogP contribution in [0.15, 0.2) is 0 Å². The first kappa shape index (κ1) is 30.8. The lowest BCUT2D eigenvalue weighted by molar-refractivity contribution is -0.440. The minimum atomic E-state index is -8.07. The van der Waals surface area contributed by atoms with Gasteiger partial charge in [-0.3, -0.25) is 0 Å². The van der Waals surface area contributed by atoms with E-state index in [1.807, 2.05) is 0 Å². The van der Waals surface area contributed by atoms with Crippen molar-refractivity contribution >= 4 is 12.1 Å². The average molecular weight is 521 g/mol. The first-order chi connectivity index (χ1) is 14.4. The van der Waals surface area contributed by atoms with Gasteiger partial charge in [0.1, 0.15) is 6.04 Å². The number of hydrogen-bond donors (Lipinski definition) is 1. The summed E-state index contributed by atoms with van der Waals surface area (Å²) in [5.74, 6) is -40.7. The third-order valence-electron chi connectivity index (χ3n) is 3.78. The summed E-state index contributed by atoms with van der Waals surface area (Å²) in [5, 5.41) is 1.15. The van der Waals surface area contributed by atoms with Gasteiger partial charge in [0, 0.05) is 6.42 Å². The SMILES string of the molecule is COC(=O)NC(CC(F)(F)C(F)(F)C(F)(F)C(F)(F)C(F)(F)C(F)(F)F)C(=O)OCC(C)C. The maximum absolute atomic E-state index is 14.0. The second-order valence-electron chi connectivity index (χ2n) is 6.92. The zero-order valence-electron chi connectivity index (χ0n) is 16.6. The lowest BCUT2D eigenvalue weighted by Gasteiger charge is -2.40. The normalized spacial score (nSPS) is 15.3. The van der Waals surface area contributed by atoms with Crippen LogP contribution in [-0.2, 0) is 14.3 Å². The van der Waals surface area contributed by atoms with E-state index in [1.54, 1.807) is 0 Å². The first-order valence-corrected chi connectivity index (χ1v) is 8.37. The first-order valence-electron chi connectivity index (χ1n) is 8.37. The van der Waals surface area contributed by atoms with Crippen molar-refractivity contribution in [3.63, 3.8) is 0 Å². The van der Waals surface area contributed by atoms with Crippen LogP contribution in [0.5, 0.6) is 0 Å². The average Bonchev–Trinajstić information content (AvgIpc) is 2.63. The summed E-state index contributed by atoms with van der Waals surface area (Å²) < 4.78 is 179. The number of carbonyl (C=O) groups is 2. The molecule has 0 radical (unpaired) electrons. The second kappa shape index (κ2) is 9.60. The number of ether oxygens (including phenoxy) is 2. The van der Waals surface area contributed by atoms with Gasteiger partial charge in [-0.05, 0) is 5.92 Å². The molecule has 0 aromatic rings. The van der Waals surface area contributed by atoms with Crippen LogP contribution in [0.1, 0.15) is 20.3 Å². The second-order valence-corrected chi connectivity index (χ2v) is 6.92. The molecule has 0 aliphatic carbocycles. The van der Waals surface area contributed by atoms with Gasteiger partial charge in [0.05, 0.1) is 13.7 Å². The minimum Gasteiger partial charge on any atom is -0.464 e. The molecule has 0 fully saturated rings. The molecule has 0 heterocycles. The number of methoxy groups -OCH3 is 1. The molecule has 18 heteroatoms. The number of halogens is 13. The third kappa shape index (κ3) is 5.85. The Bertz CT molecular complexity index is 706. The number of alkyl carbamates (subject to hydrolysis) is 1. The predicted octanol–water partition coefficient (Wildman–Crippen LogP) is 5.04. The Morgan fingerprint density at radius 1 is 0.758 bits per heavy atom. The molecule has 0 aliphatic rings. The highest BCUT2D eigenvalue weighted by Gasteiger charge is 2.90. The number of alkyl halides is 13. The van der Waals surface area contributed by atoms with Gasteiger partial charge in [0.15, 0.2) is 0 Å². The van der Waals surface area contributed by atoms with Crippen molar-refractivity contribution in [2.45, 2.75) is 62.1 Å². The van der Waals surface area contributed by atoms with Crippen LogP contribution in [0.2, 0.25) is 0 Å². The summed E-state index contributed by atoms with van der Waals surface area (Å²) in [6.07, 6.45) is -12.3. The highest BCUT2D eigenvalue weighted by molar-refractivity contribution is 5.81. The van der Waals surface area contributed by atoms with Crippen LogP contribution < -0.4 is 5.32 Å². The molecule has 1 N–H and O–H groups in total. The molecule has 1 atom stereocenters. The molecule has 0 aromatic carbocycles. The number of carbonyl (C=O) groups excluding carboxylic acids is 2. The fourth-order valence-corrected chi connectivity index (χ4v) is 1.93. The van der Waals surface area contributed by atoms with Crippen molar-refractivity contribution in [1.29, 1.82) is 0 Å². The van der Waals surface area contributed by atoms with Crippen LogP contribution >= 0.6 is 0 Å². The Balaban J connectivity index is 6.27. The summed E-state index contributed by atoms with van der Waals surface area (Å²) in [7, 11) is 0.562. The molecule has 1 amide bonds. The zero-order valence-corrected chi connectivity index (χ0v) is 16.6. The quantitative estimate of drug-likeness (QED) is 0.324. The third-order valence-corrected chi connectivity index (χ3v) is 3.78. The van der Waals surface area contributed by atoms with Crippen molar-refractivity contribution in [2.75, 3.05) is 13.7 Å². The molecule has 33 heavy (non-hydrogen) atoms. The van der Waals surface area contributed by atoms with E-state index in [0.717, 1.165) is 5.32 Å². The van der Waals surface area contributed by atoms with Crippen molar-refractivity contribution in [2.24, 2.45) is 5.92 Å². The van der Waals surface area contributed by atoms with Gasteiger partial charge in [-0.2, -0.15) is 57.1 Å². The van der Waals surface area contributed by atoms with E-state index < -0.39 is 72.8 Å². The predicted molar refractivity (Wildman–Crippen MR) is 80.5 cm³/mol. The molecular weight excluding hydrogens is 505 g/mol. The van der Waals surface area contributed by atoms with E-state index in [1.165, 1.54) is 13.8 Å². The Kier molecular flexibility index (Phi) is 8.97. The Morgan fingerprint density at radius 2 is 1.18 bits per heavy atom. The van der Waals surface area contributed by atoms with E-state index in [0.29, 0.717) is 7.11 Å². The number of esters is 1. The standard InChI is InChI=1S/C15H16F13NO4/c1-6(2)5-33-8(30)7(29-9(31)32-3)4-10(16,17)11(18,19)12(20,21)13(22,23)14(24,25)15(26,27)28/h6-7H,4-5H2,1-3H3,(H,29,31). The van der Waals surface area contributed by atoms with E-state index in [4.69, 9.17) is 0 Å². The Morgan fingerprint density at radius 3 is 1.55 bits per heavy atom. The lowest BCUT2D eigenvalue weighted by Crippen LogP contribution is -2.70. The fraction of sp³-hybridized carbons (Fsp3) is 0.867. The minimum absolute atomic E-state index is 0.526. The summed E-state index contributed by atoms with van der Waals surface area (Å²) >= 11 is 0. The maximum Gasteiger partial charge on any atom is 0.460 e. The Hall–Kier alpha value is -2.17. The van der Waals surface area contributed by atoms with Crippen molar-refractivity contribution in [1.82, 2.24) is 5.32 Å². The van der Waals surface area contributed by atoms with Crippen molar-refractivity contribution in [3.05, 3.63) is 0 Å². The molecule has 0 bridgehead atoms. The number of rotatable bonds is 10. The van der Waals surface area contributed by atoms with Crippen LogP contribution in [0, 0.1) is 5.92 Å². The number of hydrogen-bond acceptors (Lipinski definition) is 4. The zero-order chi connectivity index (χ0) is 26.8. The van der Waals surface area contributed by atoms with Crippen LogP contribution in [0.4, 0.5) is 61.9 Å². The molecule has 1 unspecified atom stereocenters. The van der Waals surface area contributed by atoms with E-state index in [9.17, 15) is 66.7 Å². The molecular formula is C15H16F13NO4. The monoisotopic (exact) mass is 521 g/mol. The summed E-state index contributed by atoms with van der Waals surface area (Å²) in [6, 6.07) is -3.00. The highest BCUT2D eigenvalue weighted by Crippen LogP contribution is 2.60. The van der Waals surface area contributed by atoms with E-state index >= 15 is 0 Å². The molecule has 5 nitrogen and oxygen atoms in total. The van der Waals surface area contributed by atoms with E-state index in [-0.39, 0.29) is 0 Å². The fourth-order valence-electron chi connectivity index (χ4n) is 1.93. The van der Waals surface area contributed by atoms with Gasteiger partial charge in [-0.25, -0.2) is 9.59 Å². The molecule has 0 aliphatic heterocycles. The molecule has 0 rings (SSSR count). The van der Waals surface area contributed by atoms with Gasteiger partial charge in [-0.15, -0.1) is 0 Å². The molecule has 0 spiro atoms. The number of nitrogens with one attached hydrogen (secondary N) is 1. The van der Waals surface area contributed by atoms with Gasteiger partial charge >= 0.3 is 47.9 Å². The van der Waals surface area contributed by atoms with Gasteiger partial charge in [-0.1, -0.05) is 13.8 Å². The summed E-state index contributed by atoms with van der Waals surface area (Å²) in [6.45, 7) is 2.15. The highest BCUT2D eigenvalue weighted by atomic mass is 19.4. The molecule has 0 saturated heterocycles. The lowest BCUT2D eigenvalue weighted by atomic mass is 9.91. The Labute approximate surface area is 176 Å². The molecule has 0 aromatic heterocycles. The maximum atomic E-state index is 14.0. The van der Waals surface area contributed by atoms with Gasteiger partial charge in [0.25, 0.3) is 0 Å².